The highest BCUT2D eigenvalue weighted by Gasteiger charge is 2.26. The molecule has 0 saturated heterocycles. The molecule has 0 bridgehead atoms. The topological polar surface area (TPSA) is 26.3 Å². The molecule has 0 heterocycles. The smallest absolute Gasteiger partial charge is 0.306 e. The number of esters is 1. The van der Waals surface area contributed by atoms with Gasteiger partial charge in [0.15, 0.2) is 0 Å². The fourth-order valence-corrected chi connectivity index (χ4v) is 3.16. The Morgan fingerprint density at radius 2 is 1.67 bits per heavy atom. The number of carbonyl (C=O) groups is 1. The van der Waals surface area contributed by atoms with Gasteiger partial charge in [-0.05, 0) is 70.8 Å². The van der Waals surface area contributed by atoms with Gasteiger partial charge in [-0.2, -0.15) is 0 Å². The van der Waals surface area contributed by atoms with Crippen molar-refractivity contribution in [3.05, 3.63) is 35.4 Å². The van der Waals surface area contributed by atoms with Crippen LogP contribution in [0, 0.1) is 12.8 Å². The minimum absolute atomic E-state index is 0.0405. The lowest BCUT2D eigenvalue weighted by molar-refractivity contribution is -0.156. The summed E-state index contributed by atoms with van der Waals surface area (Å²) in [4.78, 5) is 11.9. The van der Waals surface area contributed by atoms with Crippen molar-refractivity contribution in [1.82, 2.24) is 0 Å². The van der Waals surface area contributed by atoms with Crippen LogP contribution in [-0.4, -0.2) is 11.6 Å². The Bertz CT molecular complexity index is 459. The Hall–Kier alpha value is -1.31. The largest absolute Gasteiger partial charge is 0.460 e. The molecule has 2 rings (SSSR count). The van der Waals surface area contributed by atoms with Crippen LogP contribution < -0.4 is 0 Å². The lowest BCUT2D eigenvalue weighted by Gasteiger charge is -2.29. The molecule has 0 spiro atoms. The van der Waals surface area contributed by atoms with Gasteiger partial charge in [-0.15, -0.1) is 0 Å². The highest BCUT2D eigenvalue weighted by Crippen LogP contribution is 2.37. The van der Waals surface area contributed by atoms with Crippen LogP contribution in [0.2, 0.25) is 0 Å². The Balaban J connectivity index is 1.80. The van der Waals surface area contributed by atoms with Crippen LogP contribution in [0.15, 0.2) is 24.3 Å². The molecule has 21 heavy (non-hydrogen) atoms. The van der Waals surface area contributed by atoms with E-state index >= 15 is 0 Å². The molecule has 0 aliphatic heterocycles. The van der Waals surface area contributed by atoms with Gasteiger partial charge in [0.05, 0.1) is 0 Å². The molecule has 0 aromatic heterocycles. The number of hydrogen-bond acceptors (Lipinski definition) is 2. The maximum Gasteiger partial charge on any atom is 0.306 e. The maximum absolute atomic E-state index is 11.9. The van der Waals surface area contributed by atoms with Crippen LogP contribution in [0.4, 0.5) is 0 Å². The predicted octanol–water partition coefficient (Wildman–Crippen LogP) is 5.00. The van der Waals surface area contributed by atoms with Crippen molar-refractivity contribution >= 4 is 5.97 Å². The van der Waals surface area contributed by atoms with Crippen LogP contribution in [-0.2, 0) is 9.53 Å². The van der Waals surface area contributed by atoms with Gasteiger partial charge in [0, 0.05) is 6.42 Å². The van der Waals surface area contributed by atoms with Gasteiger partial charge in [-0.1, -0.05) is 29.8 Å². The van der Waals surface area contributed by atoms with E-state index in [-0.39, 0.29) is 11.6 Å². The van der Waals surface area contributed by atoms with E-state index in [0.717, 1.165) is 12.8 Å². The molecule has 1 fully saturated rings. The minimum atomic E-state index is -0.365. The third-order valence-electron chi connectivity index (χ3n) is 4.27. The average Bonchev–Trinajstić information content (AvgIpc) is 2.38. The van der Waals surface area contributed by atoms with Crippen molar-refractivity contribution < 1.29 is 9.53 Å². The first kappa shape index (κ1) is 16.1. The van der Waals surface area contributed by atoms with Crippen LogP contribution >= 0.6 is 0 Å². The standard InChI is InChI=1S/C19H28O2/c1-14-5-9-16(10-6-14)17-11-7-15(8-12-17)13-18(20)21-19(2,3)4/h5-6,9-10,15,17H,7-8,11-13H2,1-4H3. The van der Waals surface area contributed by atoms with Gasteiger partial charge in [-0.3, -0.25) is 4.79 Å². The number of carbonyl (C=O) groups excluding carboxylic acids is 1. The number of benzene rings is 1. The van der Waals surface area contributed by atoms with Gasteiger partial charge < -0.3 is 4.74 Å². The second-order valence-electron chi connectivity index (χ2n) is 7.42. The molecule has 2 heteroatoms. The van der Waals surface area contributed by atoms with E-state index in [4.69, 9.17) is 4.74 Å². The monoisotopic (exact) mass is 288 g/mol. The number of rotatable bonds is 3. The second-order valence-corrected chi connectivity index (χ2v) is 7.42. The molecule has 0 atom stereocenters. The van der Waals surface area contributed by atoms with Crippen molar-refractivity contribution in [3.63, 3.8) is 0 Å². The fraction of sp³-hybridized carbons (Fsp3) is 0.632. The summed E-state index contributed by atoms with van der Waals surface area (Å²) >= 11 is 0. The molecule has 0 unspecified atom stereocenters. The summed E-state index contributed by atoms with van der Waals surface area (Å²) in [5.74, 6) is 1.13. The number of ether oxygens (including phenoxy) is 1. The van der Waals surface area contributed by atoms with E-state index in [2.05, 4.69) is 31.2 Å². The molecule has 1 aromatic carbocycles. The highest BCUT2D eigenvalue weighted by molar-refractivity contribution is 5.70. The maximum atomic E-state index is 11.9. The zero-order chi connectivity index (χ0) is 15.5. The molecular formula is C19H28O2. The summed E-state index contributed by atoms with van der Waals surface area (Å²) in [5.41, 5.74) is 2.41. The zero-order valence-electron chi connectivity index (χ0n) is 13.8. The summed E-state index contributed by atoms with van der Waals surface area (Å²) in [7, 11) is 0. The van der Waals surface area contributed by atoms with E-state index < -0.39 is 0 Å². The Morgan fingerprint density at radius 1 is 1.10 bits per heavy atom. The first-order chi connectivity index (χ1) is 9.83. The quantitative estimate of drug-likeness (QED) is 0.732. The van der Waals surface area contributed by atoms with Crippen LogP contribution in [0.5, 0.6) is 0 Å². The summed E-state index contributed by atoms with van der Waals surface area (Å²) in [5, 5.41) is 0. The van der Waals surface area contributed by atoms with E-state index in [0.29, 0.717) is 18.3 Å². The molecular weight excluding hydrogens is 260 g/mol. The van der Waals surface area contributed by atoms with Crippen molar-refractivity contribution in [2.24, 2.45) is 5.92 Å². The summed E-state index contributed by atoms with van der Waals surface area (Å²) in [6.07, 6.45) is 5.24. The molecule has 2 nitrogen and oxygen atoms in total. The Labute approximate surface area is 128 Å². The molecule has 1 aliphatic carbocycles. The molecule has 1 aliphatic rings. The average molecular weight is 288 g/mol. The molecule has 1 saturated carbocycles. The van der Waals surface area contributed by atoms with Gasteiger partial charge >= 0.3 is 5.97 Å². The van der Waals surface area contributed by atoms with E-state index in [9.17, 15) is 4.79 Å². The first-order valence-electron chi connectivity index (χ1n) is 8.12. The zero-order valence-corrected chi connectivity index (χ0v) is 13.8. The van der Waals surface area contributed by atoms with E-state index in [1.54, 1.807) is 0 Å². The second kappa shape index (κ2) is 6.64. The van der Waals surface area contributed by atoms with Crippen molar-refractivity contribution in [2.45, 2.75) is 71.3 Å². The third-order valence-corrected chi connectivity index (χ3v) is 4.27. The van der Waals surface area contributed by atoms with Crippen molar-refractivity contribution in [2.75, 3.05) is 0 Å². The molecule has 116 valence electrons. The summed E-state index contributed by atoms with van der Waals surface area (Å²) in [6.45, 7) is 7.92. The molecule has 0 N–H and O–H groups in total. The fourth-order valence-electron chi connectivity index (χ4n) is 3.16. The summed E-state index contributed by atoms with van der Waals surface area (Å²) < 4.78 is 5.43. The van der Waals surface area contributed by atoms with Crippen LogP contribution in [0.3, 0.4) is 0 Å². The van der Waals surface area contributed by atoms with E-state index in [1.165, 1.54) is 24.0 Å². The lowest BCUT2D eigenvalue weighted by atomic mass is 9.77. The van der Waals surface area contributed by atoms with Gasteiger partial charge in [0.1, 0.15) is 5.60 Å². The van der Waals surface area contributed by atoms with Crippen LogP contribution in [0.1, 0.15) is 69.9 Å². The molecule has 0 radical (unpaired) electrons. The van der Waals surface area contributed by atoms with Gasteiger partial charge in [0.25, 0.3) is 0 Å². The molecule has 1 aromatic rings. The number of hydrogen-bond donors (Lipinski definition) is 0. The van der Waals surface area contributed by atoms with Crippen molar-refractivity contribution in [1.29, 1.82) is 0 Å². The highest BCUT2D eigenvalue weighted by atomic mass is 16.6. The number of aryl methyl sites for hydroxylation is 1. The van der Waals surface area contributed by atoms with Crippen LogP contribution in [0.25, 0.3) is 0 Å². The Morgan fingerprint density at radius 3 is 2.19 bits per heavy atom. The summed E-state index contributed by atoms with van der Waals surface area (Å²) in [6, 6.07) is 8.91. The lowest BCUT2D eigenvalue weighted by Crippen LogP contribution is -2.26. The van der Waals surface area contributed by atoms with E-state index in [1.807, 2.05) is 20.8 Å². The minimum Gasteiger partial charge on any atom is -0.460 e. The van der Waals surface area contributed by atoms with Gasteiger partial charge in [-0.25, -0.2) is 0 Å². The third kappa shape index (κ3) is 5.18. The van der Waals surface area contributed by atoms with Crippen molar-refractivity contribution in [3.8, 4) is 0 Å². The SMILES string of the molecule is Cc1ccc(C2CCC(CC(=O)OC(C)(C)C)CC2)cc1. The molecule has 0 amide bonds. The van der Waals surface area contributed by atoms with Gasteiger partial charge in [0.2, 0.25) is 0 Å². The predicted molar refractivity (Wildman–Crippen MR) is 86.3 cm³/mol. The normalized spacial score (nSPS) is 22.9. The first-order valence-corrected chi connectivity index (χ1v) is 8.12. The Kier molecular flexibility index (Phi) is 5.08.